The van der Waals surface area contributed by atoms with Gasteiger partial charge in [0, 0.05) is 11.9 Å². The minimum atomic E-state index is 0.956. The van der Waals surface area contributed by atoms with Crippen LogP contribution in [0.1, 0.15) is 11.1 Å². The number of hydrogen-bond acceptors (Lipinski definition) is 6. The highest BCUT2D eigenvalue weighted by molar-refractivity contribution is 5.94. The third kappa shape index (κ3) is 2.35. The highest BCUT2D eigenvalue weighted by Crippen LogP contribution is 2.33. The molecular weight excluding hydrogens is 252 g/mol. The molecule has 0 atom stereocenters. The van der Waals surface area contributed by atoms with Gasteiger partial charge in [-0.05, 0) is 56.5 Å². The molecule has 6 heteroatoms. The van der Waals surface area contributed by atoms with Crippen molar-refractivity contribution in [3.8, 4) is 0 Å². The number of hydrogen-bond donors (Lipinski definition) is 2. The Kier molecular flexibility index (Phi) is 3.36. The van der Waals surface area contributed by atoms with Gasteiger partial charge in [-0.1, -0.05) is 24.3 Å². The number of aryl methyl sites for hydroxylation is 2. The third-order valence-corrected chi connectivity index (χ3v) is 3.33. The van der Waals surface area contributed by atoms with Crippen molar-refractivity contribution in [3.05, 3.63) is 53.9 Å². The molecule has 0 saturated carbocycles. The Labute approximate surface area is 116 Å². The molecule has 0 aromatic heterocycles. The molecule has 0 amide bonds. The predicted octanol–water partition coefficient (Wildman–Crippen LogP) is 3.32. The van der Waals surface area contributed by atoms with E-state index in [4.69, 9.17) is 5.73 Å². The second kappa shape index (κ2) is 5.48. The van der Waals surface area contributed by atoms with Crippen LogP contribution in [-0.2, 0) is 12.8 Å². The molecule has 1 heterocycles. The molecule has 0 fully saturated rings. The standard InChI is InChI=1S/C12H11N.C2H3N5/c13-11-7-5-9-3-1-2-8-4-6-10(11)12(8)9;1-2-4-6-7-5-3-1/h1-3,5,7H,4,6,13H2;1-2H,(H,3,4,7). The van der Waals surface area contributed by atoms with E-state index in [1.54, 1.807) is 0 Å². The maximum Gasteiger partial charge on any atom is 0.0691 e. The number of nitrogens with zero attached hydrogens (tertiary/aromatic N) is 4. The van der Waals surface area contributed by atoms with Crippen LogP contribution in [0.3, 0.4) is 0 Å². The zero-order chi connectivity index (χ0) is 13.8. The van der Waals surface area contributed by atoms with Gasteiger partial charge in [0.2, 0.25) is 0 Å². The lowest BCUT2D eigenvalue weighted by atomic mass is 10.0. The molecule has 0 unspecified atom stereocenters. The van der Waals surface area contributed by atoms with Gasteiger partial charge in [-0.25, -0.2) is 0 Å². The lowest BCUT2D eigenvalue weighted by Crippen LogP contribution is -1.90. The van der Waals surface area contributed by atoms with Crippen molar-refractivity contribution in [2.45, 2.75) is 12.8 Å². The summed E-state index contributed by atoms with van der Waals surface area (Å²) < 4.78 is 0. The van der Waals surface area contributed by atoms with Gasteiger partial charge >= 0.3 is 0 Å². The SMILES string of the molecule is C1=CNN=NN=N1.Nc1ccc2cccc3c2c1CC3. The second-order valence-corrected chi connectivity index (χ2v) is 4.49. The Morgan fingerprint density at radius 1 is 1.05 bits per heavy atom. The highest BCUT2D eigenvalue weighted by atomic mass is 15.6. The molecule has 0 bridgehead atoms. The number of rotatable bonds is 0. The van der Waals surface area contributed by atoms with Crippen LogP contribution in [0, 0.1) is 0 Å². The molecule has 2 aromatic carbocycles. The first-order valence-electron chi connectivity index (χ1n) is 6.35. The van der Waals surface area contributed by atoms with Crippen LogP contribution in [0.5, 0.6) is 0 Å². The van der Waals surface area contributed by atoms with Crippen LogP contribution in [0.25, 0.3) is 10.8 Å². The summed E-state index contributed by atoms with van der Waals surface area (Å²) in [5.74, 6) is 0. The first-order chi connectivity index (χ1) is 9.86. The van der Waals surface area contributed by atoms with Crippen LogP contribution >= 0.6 is 0 Å². The molecule has 0 radical (unpaired) electrons. The molecule has 2 aromatic rings. The molecule has 3 N–H and O–H groups in total. The topological polar surface area (TPSA) is 87.5 Å². The van der Waals surface area contributed by atoms with E-state index in [1.807, 2.05) is 6.07 Å². The summed E-state index contributed by atoms with van der Waals surface area (Å²) in [6.07, 6.45) is 5.25. The van der Waals surface area contributed by atoms with Crippen molar-refractivity contribution in [1.82, 2.24) is 5.43 Å². The van der Waals surface area contributed by atoms with Gasteiger partial charge in [0.1, 0.15) is 0 Å². The lowest BCUT2D eigenvalue weighted by Gasteiger charge is -2.03. The van der Waals surface area contributed by atoms with Gasteiger partial charge in [0.15, 0.2) is 0 Å². The summed E-state index contributed by atoms with van der Waals surface area (Å²) in [5, 5.41) is 15.8. The molecule has 6 nitrogen and oxygen atoms in total. The third-order valence-electron chi connectivity index (χ3n) is 3.33. The van der Waals surface area contributed by atoms with Crippen molar-refractivity contribution in [2.75, 3.05) is 5.73 Å². The van der Waals surface area contributed by atoms with E-state index in [9.17, 15) is 0 Å². The van der Waals surface area contributed by atoms with Gasteiger partial charge in [0.05, 0.1) is 6.20 Å². The quantitative estimate of drug-likeness (QED) is 0.716. The van der Waals surface area contributed by atoms with Crippen LogP contribution < -0.4 is 11.2 Å². The fraction of sp³-hybridized carbons (Fsp3) is 0.143. The molecule has 2 aliphatic rings. The van der Waals surface area contributed by atoms with Crippen molar-refractivity contribution in [2.24, 2.45) is 20.8 Å². The minimum Gasteiger partial charge on any atom is -0.398 e. The zero-order valence-electron chi connectivity index (χ0n) is 10.8. The number of anilines is 1. The number of nitrogens with two attached hydrogens (primary N) is 1. The number of nitrogen functional groups attached to an aromatic ring is 1. The first kappa shape index (κ1) is 12.3. The Balaban J connectivity index is 0.000000147. The molecule has 1 aliphatic heterocycles. The van der Waals surface area contributed by atoms with Gasteiger partial charge in [-0.2, -0.15) is 0 Å². The molecular formula is C14H14N6. The zero-order valence-corrected chi connectivity index (χ0v) is 10.8. The van der Waals surface area contributed by atoms with Gasteiger partial charge < -0.3 is 5.73 Å². The van der Waals surface area contributed by atoms with Gasteiger partial charge in [0.25, 0.3) is 0 Å². The normalized spacial score (nSPS) is 14.6. The number of benzene rings is 2. The van der Waals surface area contributed by atoms with Crippen LogP contribution in [0.15, 0.2) is 63.5 Å². The summed E-state index contributed by atoms with van der Waals surface area (Å²) in [7, 11) is 0. The van der Waals surface area contributed by atoms with Gasteiger partial charge in [-0.3, -0.25) is 5.43 Å². The van der Waals surface area contributed by atoms with E-state index in [2.05, 4.69) is 50.5 Å². The Bertz CT molecular complexity index is 703. The molecule has 100 valence electrons. The summed E-state index contributed by atoms with van der Waals surface area (Å²) in [5.41, 5.74) is 12.1. The molecule has 1 aliphatic carbocycles. The second-order valence-electron chi connectivity index (χ2n) is 4.49. The highest BCUT2D eigenvalue weighted by Gasteiger charge is 2.15. The van der Waals surface area contributed by atoms with E-state index >= 15 is 0 Å². The minimum absolute atomic E-state index is 0.956. The van der Waals surface area contributed by atoms with E-state index < -0.39 is 0 Å². The summed E-state index contributed by atoms with van der Waals surface area (Å²) in [4.78, 5) is 0. The summed E-state index contributed by atoms with van der Waals surface area (Å²) in [6.45, 7) is 0. The molecule has 20 heavy (non-hydrogen) atoms. The average Bonchev–Trinajstić information content (AvgIpc) is 2.72. The van der Waals surface area contributed by atoms with E-state index in [1.165, 1.54) is 34.3 Å². The predicted molar refractivity (Wildman–Crippen MR) is 77.8 cm³/mol. The first-order valence-corrected chi connectivity index (χ1v) is 6.35. The fourth-order valence-electron chi connectivity index (χ4n) is 2.49. The van der Waals surface area contributed by atoms with E-state index in [-0.39, 0.29) is 0 Å². The van der Waals surface area contributed by atoms with E-state index in [0.717, 1.165) is 18.5 Å². The Hall–Kier alpha value is -2.76. The number of nitrogens with one attached hydrogen (secondary N) is 1. The fourth-order valence-corrected chi connectivity index (χ4v) is 2.49. The van der Waals surface area contributed by atoms with Crippen LogP contribution in [0.4, 0.5) is 5.69 Å². The van der Waals surface area contributed by atoms with E-state index in [0.29, 0.717) is 0 Å². The summed E-state index contributed by atoms with van der Waals surface area (Å²) >= 11 is 0. The average molecular weight is 266 g/mol. The molecule has 4 rings (SSSR count). The smallest absolute Gasteiger partial charge is 0.0691 e. The maximum absolute atomic E-state index is 5.93. The summed E-state index contributed by atoms with van der Waals surface area (Å²) in [6, 6.07) is 10.6. The monoisotopic (exact) mass is 266 g/mol. The van der Waals surface area contributed by atoms with Crippen LogP contribution in [0.2, 0.25) is 0 Å². The largest absolute Gasteiger partial charge is 0.398 e. The maximum atomic E-state index is 5.93. The molecule has 0 saturated heterocycles. The Morgan fingerprint density at radius 2 is 2.00 bits per heavy atom. The lowest BCUT2D eigenvalue weighted by molar-refractivity contribution is 0.818. The van der Waals surface area contributed by atoms with Crippen molar-refractivity contribution in [3.63, 3.8) is 0 Å². The Morgan fingerprint density at radius 3 is 2.95 bits per heavy atom. The van der Waals surface area contributed by atoms with Crippen LogP contribution in [-0.4, -0.2) is 0 Å². The van der Waals surface area contributed by atoms with Gasteiger partial charge in [-0.15, -0.1) is 5.11 Å². The van der Waals surface area contributed by atoms with Crippen molar-refractivity contribution >= 4 is 16.5 Å². The van der Waals surface area contributed by atoms with Crippen molar-refractivity contribution < 1.29 is 0 Å². The molecule has 0 spiro atoms. The van der Waals surface area contributed by atoms with Crippen molar-refractivity contribution in [1.29, 1.82) is 0 Å².